The van der Waals surface area contributed by atoms with Crippen LogP contribution in [0.1, 0.15) is 15.9 Å². The minimum atomic E-state index is -1.35. The molecule has 0 atom stereocenters. The van der Waals surface area contributed by atoms with E-state index in [2.05, 4.69) is 20.9 Å². The highest BCUT2D eigenvalue weighted by atomic mass is 79.9. The number of rotatable bonds is 4. The third kappa shape index (κ3) is 3.34. The fourth-order valence-electron chi connectivity index (χ4n) is 1.61. The Hall–Kier alpha value is -2.48. The second-order valence-corrected chi connectivity index (χ2v) is 5.04. The van der Waals surface area contributed by atoms with Crippen molar-refractivity contribution in [3.63, 3.8) is 0 Å². The Bertz CT molecular complexity index is 732. The summed E-state index contributed by atoms with van der Waals surface area (Å²) in [6, 6.07) is 6.09. The van der Waals surface area contributed by atoms with E-state index in [9.17, 15) is 14.9 Å². The van der Waals surface area contributed by atoms with Gasteiger partial charge < -0.3 is 9.84 Å². The van der Waals surface area contributed by atoms with Crippen LogP contribution in [-0.4, -0.2) is 21.0 Å². The molecule has 2 aromatic rings. The molecule has 1 aromatic heterocycles. The Kier molecular flexibility index (Phi) is 4.18. The molecular formula is C13H9BrN2O5. The van der Waals surface area contributed by atoms with E-state index < -0.39 is 16.6 Å². The Labute approximate surface area is 127 Å². The van der Waals surface area contributed by atoms with E-state index in [0.29, 0.717) is 5.75 Å². The molecule has 0 spiro atoms. The molecule has 7 nitrogen and oxygen atoms in total. The molecule has 1 N–H and O–H groups in total. The van der Waals surface area contributed by atoms with Gasteiger partial charge in [0.25, 0.3) is 5.69 Å². The summed E-state index contributed by atoms with van der Waals surface area (Å²) in [5.41, 5.74) is -0.0142. The van der Waals surface area contributed by atoms with E-state index in [1.807, 2.05) is 0 Å². The number of carboxylic acids is 1. The second kappa shape index (κ2) is 5.88. The number of halogens is 1. The molecule has 8 heteroatoms. The van der Waals surface area contributed by atoms with Gasteiger partial charge in [-0.1, -0.05) is 15.9 Å². The van der Waals surface area contributed by atoms with E-state index in [-0.39, 0.29) is 11.4 Å². The molecule has 0 fully saturated rings. The Morgan fingerprint density at radius 2 is 2.14 bits per heavy atom. The molecule has 0 unspecified atom stereocenters. The average molecular weight is 353 g/mol. The zero-order valence-corrected chi connectivity index (χ0v) is 12.3. The first-order valence-corrected chi connectivity index (χ1v) is 6.49. The zero-order chi connectivity index (χ0) is 15.6. The zero-order valence-electron chi connectivity index (χ0n) is 10.7. The van der Waals surface area contributed by atoms with Gasteiger partial charge in [-0.3, -0.25) is 10.1 Å². The smallest absolute Gasteiger partial charge is 0.341 e. The molecule has 0 saturated carbocycles. The van der Waals surface area contributed by atoms with Crippen molar-refractivity contribution in [3.8, 4) is 11.6 Å². The largest absolute Gasteiger partial charge is 0.477 e. The van der Waals surface area contributed by atoms with Gasteiger partial charge in [-0.05, 0) is 30.7 Å². The minimum Gasteiger partial charge on any atom is -0.477 e. The fourth-order valence-corrected chi connectivity index (χ4v) is 2.08. The number of ether oxygens (including phenoxy) is 1. The van der Waals surface area contributed by atoms with Gasteiger partial charge in [0.05, 0.1) is 4.92 Å². The predicted molar refractivity (Wildman–Crippen MR) is 76.8 cm³/mol. The number of aryl methyl sites for hydroxylation is 1. The number of aromatic carboxylic acids is 1. The summed E-state index contributed by atoms with van der Waals surface area (Å²) in [6.07, 6.45) is 0.954. The van der Waals surface area contributed by atoms with Gasteiger partial charge in [-0.25, -0.2) is 9.78 Å². The van der Waals surface area contributed by atoms with Crippen molar-refractivity contribution >= 4 is 27.6 Å². The second-order valence-electron chi connectivity index (χ2n) is 4.12. The van der Waals surface area contributed by atoms with Crippen LogP contribution in [-0.2, 0) is 0 Å². The number of carboxylic acid groups (broad SMARTS) is 1. The Balaban J connectivity index is 2.44. The summed E-state index contributed by atoms with van der Waals surface area (Å²) < 4.78 is 6.31. The quantitative estimate of drug-likeness (QED) is 0.666. The maximum absolute atomic E-state index is 11.2. The molecule has 0 amide bonds. The minimum absolute atomic E-state index is 0.196. The lowest BCUT2D eigenvalue weighted by molar-refractivity contribution is -0.385. The number of benzene rings is 1. The summed E-state index contributed by atoms with van der Waals surface area (Å²) in [5, 5.41) is 19.8. The van der Waals surface area contributed by atoms with E-state index in [1.54, 1.807) is 25.1 Å². The molecule has 0 bridgehead atoms. The topological polar surface area (TPSA) is 103 Å². The molecular weight excluding hydrogens is 344 g/mol. The normalized spacial score (nSPS) is 10.2. The molecule has 2 rings (SSSR count). The molecule has 0 saturated heterocycles. The molecule has 0 aliphatic heterocycles. The van der Waals surface area contributed by atoms with E-state index in [4.69, 9.17) is 9.84 Å². The van der Waals surface area contributed by atoms with Crippen molar-refractivity contribution in [2.24, 2.45) is 0 Å². The van der Waals surface area contributed by atoms with Crippen LogP contribution in [0, 0.1) is 17.0 Å². The SMILES string of the molecule is Cc1cc(Br)ccc1Oc1ncc([N+](=O)[O-])cc1C(=O)O. The molecule has 0 aliphatic carbocycles. The van der Waals surface area contributed by atoms with E-state index >= 15 is 0 Å². The Morgan fingerprint density at radius 3 is 2.71 bits per heavy atom. The summed E-state index contributed by atoms with van der Waals surface area (Å²) in [4.78, 5) is 24.8. The van der Waals surface area contributed by atoms with Gasteiger partial charge in [0.15, 0.2) is 0 Å². The average Bonchev–Trinajstić information content (AvgIpc) is 2.41. The highest BCUT2D eigenvalue weighted by Crippen LogP contribution is 2.29. The van der Waals surface area contributed by atoms with Crippen LogP contribution in [0.4, 0.5) is 5.69 Å². The summed E-state index contributed by atoms with van der Waals surface area (Å²) in [7, 11) is 0. The van der Waals surface area contributed by atoms with Crippen LogP contribution in [0.2, 0.25) is 0 Å². The molecule has 108 valence electrons. The number of nitro groups is 1. The summed E-state index contributed by atoms with van der Waals surface area (Å²) in [5.74, 6) is -1.13. The molecule has 1 heterocycles. The molecule has 21 heavy (non-hydrogen) atoms. The maximum Gasteiger partial charge on any atom is 0.341 e. The number of hydrogen-bond acceptors (Lipinski definition) is 5. The van der Waals surface area contributed by atoms with Crippen LogP contribution < -0.4 is 4.74 Å². The van der Waals surface area contributed by atoms with Crippen molar-refractivity contribution in [3.05, 3.63) is 56.2 Å². The first-order chi connectivity index (χ1) is 9.88. The highest BCUT2D eigenvalue weighted by Gasteiger charge is 2.19. The highest BCUT2D eigenvalue weighted by molar-refractivity contribution is 9.10. The standard InChI is InChI=1S/C13H9BrN2O5/c1-7-4-8(14)2-3-11(7)21-12-10(13(17)18)5-9(6-15-12)16(19)20/h2-6H,1H3,(H,17,18). The number of pyridine rings is 1. The molecule has 0 radical (unpaired) electrons. The third-order valence-corrected chi connectivity index (χ3v) is 3.11. The summed E-state index contributed by atoms with van der Waals surface area (Å²) in [6.45, 7) is 1.78. The van der Waals surface area contributed by atoms with Crippen LogP contribution >= 0.6 is 15.9 Å². The van der Waals surface area contributed by atoms with Gasteiger partial charge in [-0.2, -0.15) is 0 Å². The number of carbonyl (C=O) groups is 1. The van der Waals surface area contributed by atoms with Gasteiger partial charge >= 0.3 is 5.97 Å². The maximum atomic E-state index is 11.2. The monoisotopic (exact) mass is 352 g/mol. The number of aromatic nitrogens is 1. The van der Waals surface area contributed by atoms with Gasteiger partial charge in [-0.15, -0.1) is 0 Å². The van der Waals surface area contributed by atoms with Crippen LogP contribution in [0.15, 0.2) is 34.9 Å². The first kappa shape index (κ1) is 14.9. The van der Waals surface area contributed by atoms with Crippen molar-refractivity contribution < 1.29 is 19.6 Å². The number of hydrogen-bond donors (Lipinski definition) is 1. The van der Waals surface area contributed by atoms with Crippen molar-refractivity contribution in [1.29, 1.82) is 0 Å². The molecule has 1 aromatic carbocycles. The van der Waals surface area contributed by atoms with Gasteiger partial charge in [0, 0.05) is 10.5 Å². The fraction of sp³-hybridized carbons (Fsp3) is 0.0769. The van der Waals surface area contributed by atoms with Crippen LogP contribution in [0.5, 0.6) is 11.6 Å². The van der Waals surface area contributed by atoms with Crippen molar-refractivity contribution in [2.75, 3.05) is 0 Å². The van der Waals surface area contributed by atoms with E-state index in [1.165, 1.54) is 0 Å². The predicted octanol–water partition coefficient (Wildman–Crippen LogP) is 3.55. The lowest BCUT2D eigenvalue weighted by Crippen LogP contribution is -2.04. The summed E-state index contributed by atoms with van der Waals surface area (Å²) >= 11 is 3.30. The lowest BCUT2D eigenvalue weighted by atomic mass is 10.2. The van der Waals surface area contributed by atoms with Crippen molar-refractivity contribution in [1.82, 2.24) is 4.98 Å². The van der Waals surface area contributed by atoms with Crippen LogP contribution in [0.25, 0.3) is 0 Å². The van der Waals surface area contributed by atoms with Gasteiger partial charge in [0.2, 0.25) is 5.88 Å². The Morgan fingerprint density at radius 1 is 1.43 bits per heavy atom. The first-order valence-electron chi connectivity index (χ1n) is 5.70. The van der Waals surface area contributed by atoms with Crippen molar-refractivity contribution in [2.45, 2.75) is 6.92 Å². The van der Waals surface area contributed by atoms with Gasteiger partial charge in [0.1, 0.15) is 17.5 Å². The van der Waals surface area contributed by atoms with E-state index in [0.717, 1.165) is 22.3 Å². The number of nitrogens with zero attached hydrogens (tertiary/aromatic N) is 2. The third-order valence-electron chi connectivity index (χ3n) is 2.62. The molecule has 0 aliphatic rings. The lowest BCUT2D eigenvalue weighted by Gasteiger charge is -2.10. The van der Waals surface area contributed by atoms with Crippen LogP contribution in [0.3, 0.4) is 0 Å².